The third-order valence-electron chi connectivity index (χ3n) is 3.46. The number of hydrazone groups is 1. The van der Waals surface area contributed by atoms with Gasteiger partial charge in [0.1, 0.15) is 6.33 Å². The zero-order valence-corrected chi connectivity index (χ0v) is 12.6. The van der Waals surface area contributed by atoms with E-state index < -0.39 is 0 Å². The van der Waals surface area contributed by atoms with Crippen LogP contribution in [0, 0.1) is 0 Å². The zero-order chi connectivity index (χ0) is 16.2. The van der Waals surface area contributed by atoms with Crippen LogP contribution in [0.15, 0.2) is 72.5 Å². The molecule has 1 N–H and O–H groups in total. The number of aromatic nitrogens is 5. The van der Waals surface area contributed by atoms with E-state index in [9.17, 15) is 0 Å². The first-order chi connectivity index (χ1) is 11.9. The lowest BCUT2D eigenvalue weighted by molar-refractivity contribution is 0.895. The van der Waals surface area contributed by atoms with Crippen LogP contribution in [-0.4, -0.2) is 30.9 Å². The molecule has 0 atom stereocenters. The van der Waals surface area contributed by atoms with Gasteiger partial charge < -0.3 is 0 Å². The maximum absolute atomic E-state index is 4.41. The topological polar surface area (TPSA) is 80.9 Å². The van der Waals surface area contributed by atoms with Crippen LogP contribution in [0.25, 0.3) is 16.7 Å². The summed E-state index contributed by atoms with van der Waals surface area (Å²) in [7, 11) is 0. The first-order valence-corrected chi connectivity index (χ1v) is 7.35. The summed E-state index contributed by atoms with van der Waals surface area (Å²) in [6.07, 6.45) is 8.36. The molecule has 0 spiro atoms. The number of rotatable bonds is 4. The van der Waals surface area contributed by atoms with Gasteiger partial charge in [0.25, 0.3) is 0 Å². The van der Waals surface area contributed by atoms with Crippen LogP contribution in [0.1, 0.15) is 5.56 Å². The first kappa shape index (κ1) is 14.0. The second-order valence-corrected chi connectivity index (χ2v) is 5.00. The maximum Gasteiger partial charge on any atom is 0.168 e. The Morgan fingerprint density at radius 3 is 2.67 bits per heavy atom. The van der Waals surface area contributed by atoms with E-state index in [1.54, 1.807) is 29.5 Å². The third kappa shape index (κ3) is 2.70. The molecule has 1 aromatic carbocycles. The molecule has 3 aromatic heterocycles. The molecule has 0 radical (unpaired) electrons. The minimum atomic E-state index is 0.604. The number of benzene rings is 1. The Bertz CT molecular complexity index is 978. The van der Waals surface area contributed by atoms with Crippen molar-refractivity contribution < 1.29 is 0 Å². The zero-order valence-electron chi connectivity index (χ0n) is 12.6. The molecule has 0 saturated carbocycles. The average Bonchev–Trinajstić information content (AvgIpc) is 3.08. The predicted molar refractivity (Wildman–Crippen MR) is 92.1 cm³/mol. The van der Waals surface area contributed by atoms with Gasteiger partial charge in [0, 0.05) is 12.4 Å². The minimum absolute atomic E-state index is 0.604. The SMILES string of the molecule is C(=N\Nc1ncnc2c1cnn2-c1ccccc1)/c1ccncc1. The third-order valence-corrected chi connectivity index (χ3v) is 3.46. The lowest BCUT2D eigenvalue weighted by atomic mass is 10.3. The van der Waals surface area contributed by atoms with Gasteiger partial charge in [-0.15, -0.1) is 0 Å². The number of hydrogen-bond donors (Lipinski definition) is 1. The van der Waals surface area contributed by atoms with E-state index in [1.165, 1.54) is 6.33 Å². The number of fused-ring (bicyclic) bond motifs is 1. The Hall–Kier alpha value is -3.61. The smallest absolute Gasteiger partial charge is 0.168 e. The molecular weight excluding hydrogens is 302 g/mol. The Balaban J connectivity index is 1.65. The summed E-state index contributed by atoms with van der Waals surface area (Å²) >= 11 is 0. The van der Waals surface area contributed by atoms with Crippen molar-refractivity contribution in [3.05, 3.63) is 72.9 Å². The van der Waals surface area contributed by atoms with Crippen LogP contribution in [0.4, 0.5) is 5.82 Å². The number of hydrogen-bond acceptors (Lipinski definition) is 6. The van der Waals surface area contributed by atoms with E-state index in [-0.39, 0.29) is 0 Å². The van der Waals surface area contributed by atoms with Crippen LogP contribution in [0.2, 0.25) is 0 Å². The predicted octanol–water partition coefficient (Wildman–Crippen LogP) is 2.66. The summed E-state index contributed by atoms with van der Waals surface area (Å²) in [4.78, 5) is 12.5. The van der Waals surface area contributed by atoms with E-state index in [0.29, 0.717) is 5.82 Å². The number of nitrogens with one attached hydrogen (secondary N) is 1. The summed E-state index contributed by atoms with van der Waals surface area (Å²) < 4.78 is 1.77. The van der Waals surface area contributed by atoms with E-state index >= 15 is 0 Å². The van der Waals surface area contributed by atoms with Crippen molar-refractivity contribution in [3.8, 4) is 5.69 Å². The fraction of sp³-hybridized carbons (Fsp3) is 0. The number of nitrogens with zero attached hydrogens (tertiary/aromatic N) is 6. The Labute approximate surface area is 137 Å². The molecule has 0 aliphatic carbocycles. The molecule has 0 amide bonds. The molecule has 0 saturated heterocycles. The van der Waals surface area contributed by atoms with Crippen molar-refractivity contribution in [1.29, 1.82) is 0 Å². The van der Waals surface area contributed by atoms with Gasteiger partial charge in [0.05, 0.1) is 23.5 Å². The van der Waals surface area contributed by atoms with E-state index in [2.05, 4.69) is 30.6 Å². The summed E-state index contributed by atoms with van der Waals surface area (Å²) in [6.45, 7) is 0. The fourth-order valence-electron chi connectivity index (χ4n) is 2.31. The molecule has 4 aromatic rings. The molecule has 3 heterocycles. The van der Waals surface area contributed by atoms with Crippen molar-refractivity contribution in [2.24, 2.45) is 5.10 Å². The summed E-state index contributed by atoms with van der Waals surface area (Å²) in [5.74, 6) is 0.604. The van der Waals surface area contributed by atoms with Crippen LogP contribution in [0.3, 0.4) is 0 Å². The van der Waals surface area contributed by atoms with E-state index in [4.69, 9.17) is 0 Å². The van der Waals surface area contributed by atoms with Crippen molar-refractivity contribution in [1.82, 2.24) is 24.7 Å². The van der Waals surface area contributed by atoms with Gasteiger partial charge in [-0.2, -0.15) is 10.2 Å². The Kier molecular flexibility index (Phi) is 3.65. The second-order valence-electron chi connectivity index (χ2n) is 5.00. The molecule has 0 aliphatic rings. The molecule has 7 heteroatoms. The van der Waals surface area contributed by atoms with Crippen molar-refractivity contribution in [3.63, 3.8) is 0 Å². The number of pyridine rings is 1. The van der Waals surface area contributed by atoms with Gasteiger partial charge in [-0.25, -0.2) is 14.6 Å². The highest BCUT2D eigenvalue weighted by molar-refractivity contribution is 5.88. The lowest BCUT2D eigenvalue weighted by Crippen LogP contribution is -1.99. The van der Waals surface area contributed by atoms with Gasteiger partial charge in [-0.3, -0.25) is 10.4 Å². The van der Waals surface area contributed by atoms with Gasteiger partial charge in [-0.1, -0.05) is 18.2 Å². The molecule has 7 nitrogen and oxygen atoms in total. The molecule has 0 unspecified atom stereocenters. The van der Waals surface area contributed by atoms with Gasteiger partial charge >= 0.3 is 0 Å². The van der Waals surface area contributed by atoms with E-state index in [1.807, 2.05) is 42.5 Å². The highest BCUT2D eigenvalue weighted by atomic mass is 15.3. The van der Waals surface area contributed by atoms with Gasteiger partial charge in [-0.05, 0) is 29.8 Å². The monoisotopic (exact) mass is 315 g/mol. The Morgan fingerprint density at radius 2 is 1.83 bits per heavy atom. The average molecular weight is 315 g/mol. The largest absolute Gasteiger partial charge is 0.265 e. The lowest BCUT2D eigenvalue weighted by Gasteiger charge is -2.03. The minimum Gasteiger partial charge on any atom is -0.265 e. The molecule has 24 heavy (non-hydrogen) atoms. The van der Waals surface area contributed by atoms with Crippen LogP contribution >= 0.6 is 0 Å². The van der Waals surface area contributed by atoms with Gasteiger partial charge in [0.2, 0.25) is 0 Å². The van der Waals surface area contributed by atoms with Gasteiger partial charge in [0.15, 0.2) is 11.5 Å². The van der Waals surface area contributed by atoms with Crippen LogP contribution in [0.5, 0.6) is 0 Å². The summed E-state index contributed by atoms with van der Waals surface area (Å²) in [5, 5.41) is 9.42. The molecular formula is C17H13N7. The molecule has 0 bridgehead atoms. The van der Waals surface area contributed by atoms with Crippen molar-refractivity contribution >= 4 is 23.1 Å². The molecule has 116 valence electrons. The van der Waals surface area contributed by atoms with Crippen molar-refractivity contribution in [2.45, 2.75) is 0 Å². The van der Waals surface area contributed by atoms with E-state index in [0.717, 1.165) is 22.3 Å². The molecule has 0 fully saturated rings. The highest BCUT2D eigenvalue weighted by Crippen LogP contribution is 2.21. The number of anilines is 1. The molecule has 0 aliphatic heterocycles. The first-order valence-electron chi connectivity index (χ1n) is 7.35. The fourth-order valence-corrected chi connectivity index (χ4v) is 2.31. The molecule has 4 rings (SSSR count). The summed E-state index contributed by atoms with van der Waals surface area (Å²) in [5.41, 5.74) is 5.55. The Morgan fingerprint density at radius 1 is 1.00 bits per heavy atom. The maximum atomic E-state index is 4.41. The number of para-hydroxylation sites is 1. The van der Waals surface area contributed by atoms with Crippen LogP contribution < -0.4 is 5.43 Å². The normalized spacial score (nSPS) is 11.2. The highest BCUT2D eigenvalue weighted by Gasteiger charge is 2.10. The summed E-state index contributed by atoms with van der Waals surface area (Å²) in [6, 6.07) is 13.6. The quantitative estimate of drug-likeness (QED) is 0.462. The standard InChI is InChI=1S/C17H13N7/c1-2-4-14(5-3-1)24-17-15(11-22-24)16(19-12-20-17)23-21-10-13-6-8-18-9-7-13/h1-12H,(H,19,20,23)/b21-10+. The van der Waals surface area contributed by atoms with Crippen LogP contribution in [-0.2, 0) is 0 Å². The second kappa shape index (κ2) is 6.25. The van der Waals surface area contributed by atoms with Crippen molar-refractivity contribution in [2.75, 3.05) is 5.43 Å².